The lowest BCUT2D eigenvalue weighted by molar-refractivity contribution is 0.0495. The quantitative estimate of drug-likeness (QED) is 0.780. The predicted molar refractivity (Wildman–Crippen MR) is 62.3 cm³/mol. The van der Waals surface area contributed by atoms with Crippen molar-refractivity contribution in [3.8, 4) is 0 Å². The van der Waals surface area contributed by atoms with Gasteiger partial charge in [0.25, 0.3) is 0 Å². The third-order valence-corrected chi connectivity index (χ3v) is 4.04. The summed E-state index contributed by atoms with van der Waals surface area (Å²) >= 11 is 1.77. The number of carbonyl (C=O) groups is 1. The molecule has 0 aliphatic carbocycles. The molecule has 1 N–H and O–H groups in total. The van der Waals surface area contributed by atoms with Crippen molar-refractivity contribution < 1.29 is 9.90 Å². The lowest BCUT2D eigenvalue weighted by atomic mass is 9.90. The molecule has 1 aliphatic rings. The van der Waals surface area contributed by atoms with E-state index in [1.54, 1.807) is 23.9 Å². The van der Waals surface area contributed by atoms with Crippen LogP contribution in [0.3, 0.4) is 0 Å². The first-order valence-corrected chi connectivity index (χ1v) is 6.26. The molecule has 0 amide bonds. The van der Waals surface area contributed by atoms with Crippen molar-refractivity contribution in [1.82, 2.24) is 0 Å². The normalized spacial score (nSPS) is 26.2. The average Bonchev–Trinajstić information content (AvgIpc) is 2.30. The summed E-state index contributed by atoms with van der Waals surface area (Å²) < 4.78 is 0. The van der Waals surface area contributed by atoms with Gasteiger partial charge in [0.1, 0.15) is 6.29 Å². The van der Waals surface area contributed by atoms with Crippen LogP contribution in [0.1, 0.15) is 28.8 Å². The van der Waals surface area contributed by atoms with E-state index in [9.17, 15) is 9.90 Å². The smallest absolute Gasteiger partial charge is 0.150 e. The van der Waals surface area contributed by atoms with Crippen LogP contribution in [-0.2, 0) is 5.60 Å². The molecule has 3 heteroatoms. The molecule has 1 unspecified atom stereocenters. The third kappa shape index (κ3) is 2.24. The van der Waals surface area contributed by atoms with Crippen molar-refractivity contribution in [3.63, 3.8) is 0 Å². The van der Waals surface area contributed by atoms with Crippen LogP contribution in [0.4, 0.5) is 0 Å². The van der Waals surface area contributed by atoms with Crippen LogP contribution in [0.2, 0.25) is 0 Å². The molecule has 0 radical (unpaired) electrons. The molecule has 80 valence electrons. The van der Waals surface area contributed by atoms with Crippen molar-refractivity contribution in [1.29, 1.82) is 0 Å². The van der Waals surface area contributed by atoms with Crippen LogP contribution in [0, 0.1) is 0 Å². The molecule has 1 saturated heterocycles. The molecule has 2 rings (SSSR count). The minimum absolute atomic E-state index is 0.636. The van der Waals surface area contributed by atoms with Crippen LogP contribution in [-0.4, -0.2) is 22.9 Å². The van der Waals surface area contributed by atoms with Crippen LogP contribution in [0.5, 0.6) is 0 Å². The van der Waals surface area contributed by atoms with Gasteiger partial charge in [0, 0.05) is 11.3 Å². The number of rotatable bonds is 2. The predicted octanol–water partition coefficient (Wildman–Crippen LogP) is 2.21. The molecular weight excluding hydrogens is 208 g/mol. The highest BCUT2D eigenvalue weighted by Gasteiger charge is 2.31. The van der Waals surface area contributed by atoms with Gasteiger partial charge >= 0.3 is 0 Å². The fourth-order valence-electron chi connectivity index (χ4n) is 1.91. The van der Waals surface area contributed by atoms with E-state index in [1.165, 1.54) is 0 Å². The molecule has 1 aromatic carbocycles. The Labute approximate surface area is 93.7 Å². The van der Waals surface area contributed by atoms with E-state index in [0.29, 0.717) is 5.56 Å². The molecule has 1 aromatic rings. The third-order valence-electron chi connectivity index (χ3n) is 2.78. The second kappa shape index (κ2) is 4.37. The maximum absolute atomic E-state index is 10.7. The number of hydrogen-bond donors (Lipinski definition) is 1. The minimum Gasteiger partial charge on any atom is -0.384 e. The Morgan fingerprint density at radius 1 is 1.47 bits per heavy atom. The lowest BCUT2D eigenvalue weighted by Gasteiger charge is -2.32. The highest BCUT2D eigenvalue weighted by Crippen LogP contribution is 2.35. The van der Waals surface area contributed by atoms with Gasteiger partial charge in [-0.15, -0.1) is 0 Å². The first-order valence-electron chi connectivity index (χ1n) is 5.10. The first kappa shape index (κ1) is 10.7. The van der Waals surface area contributed by atoms with Gasteiger partial charge in [-0.25, -0.2) is 0 Å². The summed E-state index contributed by atoms with van der Waals surface area (Å²) in [7, 11) is 0. The molecule has 1 aliphatic heterocycles. The fraction of sp³-hybridized carbons (Fsp3) is 0.417. The van der Waals surface area contributed by atoms with Gasteiger partial charge in [-0.05, 0) is 30.2 Å². The van der Waals surface area contributed by atoms with Crippen molar-refractivity contribution in [2.75, 3.05) is 11.5 Å². The Morgan fingerprint density at radius 2 is 2.33 bits per heavy atom. The molecule has 1 fully saturated rings. The number of carbonyl (C=O) groups excluding carboxylic acids is 1. The minimum atomic E-state index is -0.734. The Morgan fingerprint density at radius 3 is 3.00 bits per heavy atom. The summed E-state index contributed by atoms with van der Waals surface area (Å²) in [6, 6.07) is 7.28. The molecule has 0 aromatic heterocycles. The van der Waals surface area contributed by atoms with E-state index < -0.39 is 5.60 Å². The summed E-state index contributed by atoms with van der Waals surface area (Å²) in [6.45, 7) is 0. The molecule has 0 bridgehead atoms. The highest BCUT2D eigenvalue weighted by atomic mass is 32.2. The molecule has 0 saturated carbocycles. The molecular formula is C12H14O2S. The number of aliphatic hydroxyl groups is 1. The largest absolute Gasteiger partial charge is 0.384 e. The zero-order valence-electron chi connectivity index (χ0n) is 8.48. The van der Waals surface area contributed by atoms with Gasteiger partial charge in [-0.1, -0.05) is 18.2 Å². The van der Waals surface area contributed by atoms with Crippen LogP contribution >= 0.6 is 11.8 Å². The number of thioether (sulfide) groups is 1. The summed E-state index contributed by atoms with van der Waals surface area (Å²) in [6.07, 6.45) is 2.65. The molecule has 1 atom stereocenters. The second-order valence-corrected chi connectivity index (χ2v) is 5.04. The standard InChI is InChI=1S/C12H14O2S/c13-8-10-3-1-4-11(7-10)12(14)5-2-6-15-9-12/h1,3-4,7-8,14H,2,5-6,9H2. The second-order valence-electron chi connectivity index (χ2n) is 3.93. The molecule has 2 nitrogen and oxygen atoms in total. The van der Waals surface area contributed by atoms with Crippen molar-refractivity contribution >= 4 is 18.0 Å². The van der Waals surface area contributed by atoms with Gasteiger partial charge in [-0.2, -0.15) is 11.8 Å². The summed E-state index contributed by atoms with van der Waals surface area (Å²) in [5.74, 6) is 1.85. The topological polar surface area (TPSA) is 37.3 Å². The Bertz CT molecular complexity index is 356. The lowest BCUT2D eigenvalue weighted by Crippen LogP contribution is -2.32. The first-order chi connectivity index (χ1) is 7.24. The number of benzene rings is 1. The van der Waals surface area contributed by atoms with Gasteiger partial charge in [0.15, 0.2) is 0 Å². The van der Waals surface area contributed by atoms with Gasteiger partial charge in [0.05, 0.1) is 5.60 Å². The maximum atomic E-state index is 10.7. The van der Waals surface area contributed by atoms with Crippen molar-refractivity contribution in [2.45, 2.75) is 18.4 Å². The SMILES string of the molecule is O=Cc1cccc(C2(O)CCCSC2)c1. The van der Waals surface area contributed by atoms with Crippen molar-refractivity contribution in [2.24, 2.45) is 0 Å². The zero-order chi connectivity index (χ0) is 10.7. The Kier molecular flexibility index (Phi) is 3.12. The summed E-state index contributed by atoms with van der Waals surface area (Å²) in [5.41, 5.74) is 0.776. The van der Waals surface area contributed by atoms with E-state index in [-0.39, 0.29) is 0 Å². The van der Waals surface area contributed by atoms with Gasteiger partial charge in [0.2, 0.25) is 0 Å². The summed E-state index contributed by atoms with van der Waals surface area (Å²) in [4.78, 5) is 10.7. The zero-order valence-corrected chi connectivity index (χ0v) is 9.30. The van der Waals surface area contributed by atoms with Crippen LogP contribution < -0.4 is 0 Å². The van der Waals surface area contributed by atoms with Gasteiger partial charge < -0.3 is 5.11 Å². The Hall–Kier alpha value is -0.800. The average molecular weight is 222 g/mol. The number of hydrogen-bond acceptors (Lipinski definition) is 3. The van der Waals surface area contributed by atoms with E-state index in [1.807, 2.05) is 12.1 Å². The van der Waals surface area contributed by atoms with Crippen molar-refractivity contribution in [3.05, 3.63) is 35.4 Å². The summed E-state index contributed by atoms with van der Waals surface area (Å²) in [5, 5.41) is 10.4. The van der Waals surface area contributed by atoms with Crippen LogP contribution in [0.15, 0.2) is 24.3 Å². The van der Waals surface area contributed by atoms with E-state index in [4.69, 9.17) is 0 Å². The fourth-order valence-corrected chi connectivity index (χ4v) is 3.05. The molecule has 15 heavy (non-hydrogen) atoms. The van der Waals surface area contributed by atoms with E-state index in [2.05, 4.69) is 0 Å². The molecule has 1 heterocycles. The monoisotopic (exact) mass is 222 g/mol. The van der Waals surface area contributed by atoms with E-state index >= 15 is 0 Å². The van der Waals surface area contributed by atoms with E-state index in [0.717, 1.165) is 36.2 Å². The number of aldehydes is 1. The molecule has 0 spiro atoms. The highest BCUT2D eigenvalue weighted by molar-refractivity contribution is 7.99. The Balaban J connectivity index is 2.30. The van der Waals surface area contributed by atoms with Crippen LogP contribution in [0.25, 0.3) is 0 Å². The van der Waals surface area contributed by atoms with Gasteiger partial charge in [-0.3, -0.25) is 4.79 Å². The maximum Gasteiger partial charge on any atom is 0.150 e.